The summed E-state index contributed by atoms with van der Waals surface area (Å²) in [5.74, 6) is -1.80. The number of nitro groups is 1. The molecular formula is C25H20N2O8. The lowest BCUT2D eigenvalue weighted by Gasteiger charge is -2.26. The molecule has 1 heterocycles. The highest BCUT2D eigenvalue weighted by Crippen LogP contribution is 2.44. The lowest BCUT2D eigenvalue weighted by atomic mass is 9.94. The van der Waals surface area contributed by atoms with Crippen LogP contribution in [0.5, 0.6) is 17.2 Å². The topological polar surface area (TPSA) is 139 Å². The number of rotatable bonds is 6. The van der Waals surface area contributed by atoms with Crippen molar-refractivity contribution < 1.29 is 34.2 Å². The Morgan fingerprint density at radius 3 is 2.20 bits per heavy atom. The summed E-state index contributed by atoms with van der Waals surface area (Å²) in [4.78, 5) is 38.0. The van der Waals surface area contributed by atoms with Gasteiger partial charge in [-0.2, -0.15) is 0 Å². The molecule has 10 heteroatoms. The molecule has 1 fully saturated rings. The van der Waals surface area contributed by atoms with E-state index in [9.17, 15) is 29.9 Å². The van der Waals surface area contributed by atoms with E-state index < -0.39 is 28.4 Å². The SMILES string of the molecule is COc1ccc(N2C(=O)C(=O)C(=C(O)c3ccc([N+](=O)[O-])cc3)[C@@H]2c2ccc(O)c(OC)c2)cc1. The summed E-state index contributed by atoms with van der Waals surface area (Å²) in [6, 6.07) is 14.7. The molecule has 1 aliphatic rings. The quantitative estimate of drug-likeness (QED) is 0.179. The van der Waals surface area contributed by atoms with Gasteiger partial charge in [0.1, 0.15) is 11.5 Å². The first-order valence-corrected chi connectivity index (χ1v) is 10.3. The minimum atomic E-state index is -1.08. The molecule has 0 saturated carbocycles. The van der Waals surface area contributed by atoms with E-state index in [-0.39, 0.29) is 28.3 Å². The van der Waals surface area contributed by atoms with Gasteiger partial charge in [0.25, 0.3) is 17.4 Å². The lowest BCUT2D eigenvalue weighted by molar-refractivity contribution is -0.384. The van der Waals surface area contributed by atoms with Gasteiger partial charge >= 0.3 is 0 Å². The molecule has 1 aliphatic heterocycles. The third kappa shape index (κ3) is 4.12. The Hall–Kier alpha value is -4.86. The number of ether oxygens (including phenoxy) is 2. The molecule has 2 N–H and O–H groups in total. The van der Waals surface area contributed by atoms with E-state index in [2.05, 4.69) is 0 Å². The zero-order chi connectivity index (χ0) is 25.3. The van der Waals surface area contributed by atoms with Crippen LogP contribution in [0.25, 0.3) is 5.76 Å². The van der Waals surface area contributed by atoms with Crippen LogP contribution in [0, 0.1) is 10.1 Å². The second kappa shape index (κ2) is 9.18. The van der Waals surface area contributed by atoms with E-state index in [1.165, 1.54) is 61.6 Å². The first-order valence-electron chi connectivity index (χ1n) is 10.3. The molecule has 4 rings (SSSR count). The predicted molar refractivity (Wildman–Crippen MR) is 126 cm³/mol. The highest BCUT2D eigenvalue weighted by atomic mass is 16.6. The molecule has 1 saturated heterocycles. The van der Waals surface area contributed by atoms with Crippen molar-refractivity contribution in [3.63, 3.8) is 0 Å². The van der Waals surface area contributed by atoms with Gasteiger partial charge in [0.05, 0.1) is 30.8 Å². The highest BCUT2D eigenvalue weighted by Gasteiger charge is 2.47. The third-order valence-corrected chi connectivity index (χ3v) is 5.67. The highest BCUT2D eigenvalue weighted by molar-refractivity contribution is 6.51. The van der Waals surface area contributed by atoms with E-state index in [4.69, 9.17) is 9.47 Å². The number of nitro benzene ring substituents is 1. The average Bonchev–Trinajstić information content (AvgIpc) is 3.14. The molecule has 0 unspecified atom stereocenters. The number of benzene rings is 3. The van der Waals surface area contributed by atoms with Gasteiger partial charge in [-0.3, -0.25) is 24.6 Å². The normalized spacial score (nSPS) is 16.9. The second-order valence-corrected chi connectivity index (χ2v) is 7.60. The summed E-state index contributed by atoms with van der Waals surface area (Å²) < 4.78 is 10.4. The number of aromatic hydroxyl groups is 1. The second-order valence-electron chi connectivity index (χ2n) is 7.60. The van der Waals surface area contributed by atoms with Gasteiger partial charge < -0.3 is 19.7 Å². The fourth-order valence-electron chi connectivity index (χ4n) is 3.92. The van der Waals surface area contributed by atoms with Crippen LogP contribution in [-0.4, -0.2) is 41.0 Å². The Balaban J connectivity index is 1.92. The van der Waals surface area contributed by atoms with Crippen molar-refractivity contribution in [2.75, 3.05) is 19.1 Å². The molecular weight excluding hydrogens is 456 g/mol. The first-order chi connectivity index (χ1) is 16.8. The monoisotopic (exact) mass is 476 g/mol. The summed E-state index contributed by atoms with van der Waals surface area (Å²) in [5, 5.41) is 32.1. The lowest BCUT2D eigenvalue weighted by Crippen LogP contribution is -2.29. The third-order valence-electron chi connectivity index (χ3n) is 5.67. The number of amides is 1. The number of hydrogen-bond acceptors (Lipinski definition) is 8. The smallest absolute Gasteiger partial charge is 0.300 e. The Bertz CT molecular complexity index is 1350. The zero-order valence-electron chi connectivity index (χ0n) is 18.7. The van der Waals surface area contributed by atoms with E-state index in [1.54, 1.807) is 24.3 Å². The van der Waals surface area contributed by atoms with E-state index in [0.717, 1.165) is 0 Å². The van der Waals surface area contributed by atoms with Crippen molar-refractivity contribution in [1.29, 1.82) is 0 Å². The van der Waals surface area contributed by atoms with Crippen LogP contribution in [0.1, 0.15) is 17.2 Å². The fraction of sp³-hybridized carbons (Fsp3) is 0.120. The number of ketones is 1. The Labute approximate surface area is 199 Å². The minimum Gasteiger partial charge on any atom is -0.507 e. The number of non-ortho nitro benzene ring substituents is 1. The number of aliphatic hydroxyl groups is 1. The molecule has 1 atom stereocenters. The molecule has 0 radical (unpaired) electrons. The number of hydrogen-bond donors (Lipinski definition) is 2. The van der Waals surface area contributed by atoms with Crippen LogP contribution in [-0.2, 0) is 9.59 Å². The number of carbonyl (C=O) groups is 2. The number of methoxy groups -OCH3 is 2. The summed E-state index contributed by atoms with van der Waals surface area (Å²) in [7, 11) is 2.85. The van der Waals surface area contributed by atoms with Crippen molar-refractivity contribution >= 4 is 28.8 Å². The molecule has 0 spiro atoms. The van der Waals surface area contributed by atoms with Crippen molar-refractivity contribution in [3.05, 3.63) is 93.5 Å². The average molecular weight is 476 g/mol. The maximum atomic E-state index is 13.2. The van der Waals surface area contributed by atoms with Gasteiger partial charge in [-0.1, -0.05) is 6.07 Å². The van der Waals surface area contributed by atoms with Gasteiger partial charge in [0.2, 0.25) is 0 Å². The number of phenols is 1. The van der Waals surface area contributed by atoms with Gasteiger partial charge in [-0.05, 0) is 54.1 Å². The van der Waals surface area contributed by atoms with Gasteiger partial charge in [-0.25, -0.2) is 0 Å². The Morgan fingerprint density at radius 1 is 0.971 bits per heavy atom. The summed E-state index contributed by atoms with van der Waals surface area (Å²) in [5.41, 5.74) is 0.470. The molecule has 1 amide bonds. The fourth-order valence-corrected chi connectivity index (χ4v) is 3.92. The van der Waals surface area contributed by atoms with E-state index in [0.29, 0.717) is 17.0 Å². The molecule has 35 heavy (non-hydrogen) atoms. The number of carbonyl (C=O) groups excluding carboxylic acids is 2. The minimum absolute atomic E-state index is 0.109. The number of Topliss-reactive ketones (excluding diaryl/α,β-unsaturated/α-hetero) is 1. The maximum absolute atomic E-state index is 13.2. The van der Waals surface area contributed by atoms with Crippen LogP contribution < -0.4 is 14.4 Å². The number of phenolic OH excluding ortho intramolecular Hbond substituents is 1. The summed E-state index contributed by atoms with van der Waals surface area (Å²) in [6.45, 7) is 0. The molecule has 178 valence electrons. The number of anilines is 1. The van der Waals surface area contributed by atoms with Crippen molar-refractivity contribution in [2.24, 2.45) is 0 Å². The van der Waals surface area contributed by atoms with Crippen LogP contribution in [0.4, 0.5) is 11.4 Å². The van der Waals surface area contributed by atoms with Crippen molar-refractivity contribution in [1.82, 2.24) is 0 Å². The van der Waals surface area contributed by atoms with E-state index in [1.807, 2.05) is 0 Å². The van der Waals surface area contributed by atoms with Crippen LogP contribution in [0.15, 0.2) is 72.3 Å². The number of aliphatic hydroxyl groups excluding tert-OH is 1. The van der Waals surface area contributed by atoms with Crippen LogP contribution in [0.2, 0.25) is 0 Å². The Kier molecular flexibility index (Phi) is 6.11. The zero-order valence-corrected chi connectivity index (χ0v) is 18.7. The van der Waals surface area contributed by atoms with Gasteiger partial charge in [-0.15, -0.1) is 0 Å². The summed E-state index contributed by atoms with van der Waals surface area (Å²) in [6.07, 6.45) is 0. The van der Waals surface area contributed by atoms with Crippen LogP contribution >= 0.6 is 0 Å². The molecule has 0 aliphatic carbocycles. The van der Waals surface area contributed by atoms with Crippen molar-refractivity contribution in [3.8, 4) is 17.2 Å². The van der Waals surface area contributed by atoms with E-state index >= 15 is 0 Å². The molecule has 10 nitrogen and oxygen atoms in total. The molecule has 0 bridgehead atoms. The largest absolute Gasteiger partial charge is 0.507 e. The summed E-state index contributed by atoms with van der Waals surface area (Å²) >= 11 is 0. The van der Waals surface area contributed by atoms with Crippen molar-refractivity contribution in [2.45, 2.75) is 6.04 Å². The van der Waals surface area contributed by atoms with Crippen LogP contribution in [0.3, 0.4) is 0 Å². The maximum Gasteiger partial charge on any atom is 0.300 e. The molecule has 0 aromatic heterocycles. The molecule has 3 aromatic rings. The van der Waals surface area contributed by atoms with Gasteiger partial charge in [0.15, 0.2) is 11.5 Å². The van der Waals surface area contributed by atoms with Gasteiger partial charge in [0, 0.05) is 23.4 Å². The first kappa shape index (κ1) is 23.3. The number of nitrogens with zero attached hydrogens (tertiary/aromatic N) is 2. The molecule has 3 aromatic carbocycles. The predicted octanol–water partition coefficient (Wildman–Crippen LogP) is 3.94. The Morgan fingerprint density at radius 2 is 1.63 bits per heavy atom. The standard InChI is InChI=1S/C25H20N2O8/c1-34-18-10-8-16(9-11-18)26-22(15-5-12-19(28)20(13-15)35-2)21(24(30)25(26)31)23(29)14-3-6-17(7-4-14)27(32)33/h3-13,22,28-29H,1-2H3/t22-/m0/s1.